The minimum absolute atomic E-state index is 0.0815. The lowest BCUT2D eigenvalue weighted by Crippen LogP contribution is -2.29. The molecule has 3 rings (SSSR count). The van der Waals surface area contributed by atoms with Crippen molar-refractivity contribution < 1.29 is 9.53 Å². The number of fused-ring (bicyclic) bond motifs is 1. The Morgan fingerprint density at radius 1 is 1.48 bits per heavy atom. The molecule has 0 fully saturated rings. The average Bonchev–Trinajstić information content (AvgIpc) is 2.73. The topological polar surface area (TPSA) is 44.1 Å². The number of para-hydroxylation sites is 1. The van der Waals surface area contributed by atoms with Gasteiger partial charge in [0, 0.05) is 13.5 Å². The van der Waals surface area contributed by atoms with Gasteiger partial charge in [0.15, 0.2) is 0 Å². The monoisotopic (exact) mass is 348 g/mol. The summed E-state index contributed by atoms with van der Waals surface area (Å²) < 4.78 is 8.40. The van der Waals surface area contributed by atoms with E-state index in [1.807, 2.05) is 38.2 Å². The van der Waals surface area contributed by atoms with E-state index in [4.69, 9.17) is 4.74 Å². The Labute approximate surface area is 132 Å². The van der Waals surface area contributed by atoms with Gasteiger partial charge in [0.1, 0.15) is 11.5 Å². The van der Waals surface area contributed by atoms with Gasteiger partial charge in [-0.05, 0) is 40.9 Å². The van der Waals surface area contributed by atoms with Crippen molar-refractivity contribution in [2.45, 2.75) is 19.8 Å². The quantitative estimate of drug-likeness (QED) is 0.856. The average molecular weight is 349 g/mol. The highest BCUT2D eigenvalue weighted by atomic mass is 79.9. The summed E-state index contributed by atoms with van der Waals surface area (Å²) in [7, 11) is 1.87. The number of benzene rings is 1. The second kappa shape index (κ2) is 5.64. The summed E-state index contributed by atoms with van der Waals surface area (Å²) in [5.41, 5.74) is 2.95. The molecule has 4 nitrogen and oxygen atoms in total. The minimum Gasteiger partial charge on any atom is -0.493 e. The normalized spacial score (nSPS) is 17.2. The molecule has 0 aliphatic carbocycles. The molecule has 0 amide bonds. The Morgan fingerprint density at radius 3 is 2.95 bits per heavy atom. The maximum absolute atomic E-state index is 12.5. The van der Waals surface area contributed by atoms with Crippen LogP contribution in [0.1, 0.15) is 17.0 Å². The van der Waals surface area contributed by atoms with Crippen molar-refractivity contribution in [1.29, 1.82) is 0 Å². The number of aromatic nitrogens is 2. The van der Waals surface area contributed by atoms with Crippen LogP contribution in [0, 0.1) is 12.8 Å². The number of carbonyl (C=O) groups excluding carboxylic acids is 1. The summed E-state index contributed by atoms with van der Waals surface area (Å²) in [6, 6.07) is 7.92. The number of hydrogen-bond donors (Lipinski definition) is 0. The third-order valence-corrected chi connectivity index (χ3v) is 4.97. The lowest BCUT2D eigenvalue weighted by Gasteiger charge is -2.24. The molecule has 1 atom stereocenters. The van der Waals surface area contributed by atoms with Gasteiger partial charge in [0.05, 0.1) is 28.4 Å². The van der Waals surface area contributed by atoms with Crippen molar-refractivity contribution in [2.24, 2.45) is 13.0 Å². The van der Waals surface area contributed by atoms with Crippen molar-refractivity contribution in [3.8, 4) is 5.75 Å². The maximum atomic E-state index is 12.5. The fraction of sp³-hybridized carbons (Fsp3) is 0.375. The number of halogens is 1. The van der Waals surface area contributed by atoms with Crippen LogP contribution in [0.25, 0.3) is 0 Å². The molecule has 5 heteroatoms. The van der Waals surface area contributed by atoms with Crippen molar-refractivity contribution in [3.63, 3.8) is 0 Å². The van der Waals surface area contributed by atoms with Gasteiger partial charge in [-0.2, -0.15) is 5.10 Å². The van der Waals surface area contributed by atoms with Crippen LogP contribution in [0.5, 0.6) is 5.75 Å². The fourth-order valence-corrected chi connectivity index (χ4v) is 3.19. The van der Waals surface area contributed by atoms with Crippen LogP contribution in [0.2, 0.25) is 0 Å². The predicted molar refractivity (Wildman–Crippen MR) is 83.5 cm³/mol. The number of Topliss-reactive ketones (excluding diaryl/α,β-unsaturated/α-hetero) is 1. The van der Waals surface area contributed by atoms with Crippen LogP contribution in [0.15, 0.2) is 28.7 Å². The molecule has 0 spiro atoms. The molecule has 0 radical (unpaired) electrons. The van der Waals surface area contributed by atoms with Crippen LogP contribution < -0.4 is 4.74 Å². The minimum atomic E-state index is -0.0815. The third kappa shape index (κ3) is 2.75. The molecule has 1 aliphatic heterocycles. The van der Waals surface area contributed by atoms with Crippen molar-refractivity contribution in [2.75, 3.05) is 6.61 Å². The van der Waals surface area contributed by atoms with Gasteiger partial charge >= 0.3 is 0 Å². The summed E-state index contributed by atoms with van der Waals surface area (Å²) in [5, 5.41) is 4.33. The van der Waals surface area contributed by atoms with E-state index in [1.165, 1.54) is 0 Å². The number of hydrogen-bond acceptors (Lipinski definition) is 3. The van der Waals surface area contributed by atoms with E-state index < -0.39 is 0 Å². The fourth-order valence-electron chi connectivity index (χ4n) is 2.72. The van der Waals surface area contributed by atoms with Gasteiger partial charge < -0.3 is 4.74 Å². The molecule has 0 bridgehead atoms. The highest BCUT2D eigenvalue weighted by Gasteiger charge is 2.27. The Hall–Kier alpha value is -1.62. The zero-order valence-electron chi connectivity index (χ0n) is 12.1. The Kier molecular flexibility index (Phi) is 3.85. The summed E-state index contributed by atoms with van der Waals surface area (Å²) in [4.78, 5) is 12.5. The van der Waals surface area contributed by atoms with Gasteiger partial charge in [-0.3, -0.25) is 9.48 Å². The Balaban J connectivity index is 1.75. The molecule has 1 aromatic heterocycles. The summed E-state index contributed by atoms with van der Waals surface area (Å²) in [6.45, 7) is 2.39. The molecule has 2 aromatic rings. The number of aryl methyl sites for hydroxylation is 2. The van der Waals surface area contributed by atoms with Gasteiger partial charge in [0.2, 0.25) is 0 Å². The number of nitrogens with zero attached hydrogens (tertiary/aromatic N) is 2. The van der Waals surface area contributed by atoms with Gasteiger partial charge in [0.25, 0.3) is 0 Å². The first-order valence-corrected chi connectivity index (χ1v) is 7.77. The van der Waals surface area contributed by atoms with Crippen LogP contribution >= 0.6 is 15.9 Å². The first-order valence-electron chi connectivity index (χ1n) is 6.97. The summed E-state index contributed by atoms with van der Waals surface area (Å²) in [5.74, 6) is 1.02. The highest BCUT2D eigenvalue weighted by molar-refractivity contribution is 9.10. The standard InChI is InChI=1S/C16H17BrN2O2/c1-10-16(17)13(19(2)18-10)8-14(20)12-7-11-5-3-4-6-15(11)21-9-12/h3-6,12H,7-9H2,1-2H3. The van der Waals surface area contributed by atoms with Gasteiger partial charge in [-0.1, -0.05) is 18.2 Å². The van der Waals surface area contributed by atoms with Crippen molar-refractivity contribution >= 4 is 21.7 Å². The van der Waals surface area contributed by atoms with Crippen LogP contribution in [-0.2, 0) is 24.7 Å². The van der Waals surface area contributed by atoms with Crippen molar-refractivity contribution in [3.05, 3.63) is 45.7 Å². The molecule has 21 heavy (non-hydrogen) atoms. The Morgan fingerprint density at radius 2 is 2.24 bits per heavy atom. The number of carbonyl (C=O) groups is 1. The van der Waals surface area contributed by atoms with Crippen molar-refractivity contribution in [1.82, 2.24) is 9.78 Å². The molecule has 1 aromatic carbocycles. The van der Waals surface area contributed by atoms with E-state index in [2.05, 4.69) is 21.0 Å². The van der Waals surface area contributed by atoms with E-state index >= 15 is 0 Å². The third-order valence-electron chi connectivity index (χ3n) is 3.94. The van der Waals surface area contributed by atoms with Crippen LogP contribution in [0.3, 0.4) is 0 Å². The van der Waals surface area contributed by atoms with E-state index in [-0.39, 0.29) is 11.7 Å². The molecule has 1 unspecified atom stereocenters. The molecular weight excluding hydrogens is 332 g/mol. The lowest BCUT2D eigenvalue weighted by atomic mass is 9.91. The first-order chi connectivity index (χ1) is 10.1. The molecular formula is C16H17BrN2O2. The molecule has 110 valence electrons. The molecule has 2 heterocycles. The highest BCUT2D eigenvalue weighted by Crippen LogP contribution is 2.28. The van der Waals surface area contributed by atoms with E-state index in [0.717, 1.165) is 33.6 Å². The SMILES string of the molecule is Cc1nn(C)c(CC(=O)C2COc3ccccc3C2)c1Br. The van der Waals surface area contributed by atoms with Gasteiger partial charge in [-0.15, -0.1) is 0 Å². The lowest BCUT2D eigenvalue weighted by molar-refractivity contribution is -0.123. The zero-order chi connectivity index (χ0) is 15.0. The van der Waals surface area contributed by atoms with E-state index in [1.54, 1.807) is 4.68 Å². The molecule has 0 N–H and O–H groups in total. The number of rotatable bonds is 3. The van der Waals surface area contributed by atoms with Crippen LogP contribution in [-0.4, -0.2) is 22.2 Å². The number of ketones is 1. The van der Waals surface area contributed by atoms with Crippen LogP contribution in [0.4, 0.5) is 0 Å². The Bertz CT molecular complexity index is 694. The number of ether oxygens (including phenoxy) is 1. The summed E-state index contributed by atoms with van der Waals surface area (Å²) in [6.07, 6.45) is 1.14. The maximum Gasteiger partial charge on any atom is 0.145 e. The largest absolute Gasteiger partial charge is 0.493 e. The molecule has 0 saturated heterocycles. The zero-order valence-corrected chi connectivity index (χ0v) is 13.7. The summed E-state index contributed by atoms with van der Waals surface area (Å²) >= 11 is 3.51. The van der Waals surface area contributed by atoms with Gasteiger partial charge in [-0.25, -0.2) is 0 Å². The first kappa shape index (κ1) is 14.3. The van der Waals surface area contributed by atoms with E-state index in [9.17, 15) is 4.79 Å². The van der Waals surface area contributed by atoms with E-state index in [0.29, 0.717) is 13.0 Å². The second-order valence-corrected chi connectivity index (χ2v) is 6.23. The second-order valence-electron chi connectivity index (χ2n) is 5.43. The smallest absolute Gasteiger partial charge is 0.145 e. The molecule has 1 aliphatic rings. The molecule has 0 saturated carbocycles. The predicted octanol–water partition coefficient (Wildman–Crippen LogP) is 2.85.